The van der Waals surface area contributed by atoms with Gasteiger partial charge < -0.3 is 4.90 Å². The number of anilines is 1. The van der Waals surface area contributed by atoms with Gasteiger partial charge in [0.05, 0.1) is 11.4 Å². The van der Waals surface area contributed by atoms with Gasteiger partial charge in [0.1, 0.15) is 0 Å². The normalized spacial score (nSPS) is 16.1. The van der Waals surface area contributed by atoms with Crippen molar-refractivity contribution < 1.29 is 8.42 Å². The Labute approximate surface area is 141 Å². The van der Waals surface area contributed by atoms with Crippen molar-refractivity contribution >= 4 is 16.0 Å². The highest BCUT2D eigenvalue weighted by Gasteiger charge is 2.23. The Bertz CT molecular complexity index is 802. The second kappa shape index (κ2) is 7.06. The van der Waals surface area contributed by atoms with Crippen molar-refractivity contribution in [1.29, 1.82) is 0 Å². The van der Waals surface area contributed by atoms with E-state index in [1.165, 1.54) is 0 Å². The first kappa shape index (κ1) is 16.5. The molecule has 1 fully saturated rings. The molecule has 1 saturated heterocycles. The van der Waals surface area contributed by atoms with Gasteiger partial charge >= 0.3 is 0 Å². The summed E-state index contributed by atoms with van der Waals surface area (Å²) >= 11 is 0. The fourth-order valence-electron chi connectivity index (χ4n) is 2.64. The third-order valence-electron chi connectivity index (χ3n) is 3.90. The number of piperidine rings is 1. The number of rotatable bonds is 5. The van der Waals surface area contributed by atoms with Crippen LogP contribution in [-0.4, -0.2) is 42.5 Å². The number of nitrogens with one attached hydrogen (secondary N) is 1. The molecule has 24 heavy (non-hydrogen) atoms. The van der Waals surface area contributed by atoms with Gasteiger partial charge in [-0.1, -0.05) is 12.6 Å². The predicted octanol–water partition coefficient (Wildman–Crippen LogP) is 1.57. The van der Waals surface area contributed by atoms with Crippen LogP contribution in [0.25, 0.3) is 11.4 Å². The molecule has 0 unspecified atom stereocenters. The maximum atomic E-state index is 11.5. The van der Waals surface area contributed by atoms with Crippen molar-refractivity contribution in [3.63, 3.8) is 0 Å². The van der Waals surface area contributed by atoms with Gasteiger partial charge in [-0.2, -0.15) is 0 Å². The highest BCUT2D eigenvalue weighted by atomic mass is 32.2. The van der Waals surface area contributed by atoms with E-state index in [-0.39, 0.29) is 6.04 Å². The molecule has 0 bridgehead atoms. The molecule has 0 spiro atoms. The van der Waals surface area contributed by atoms with Crippen LogP contribution in [-0.2, 0) is 10.0 Å². The number of pyridine rings is 1. The Morgan fingerprint density at radius 3 is 2.58 bits per heavy atom. The molecule has 0 atom stereocenters. The third-order valence-corrected chi connectivity index (χ3v) is 5.00. The maximum absolute atomic E-state index is 11.5. The molecule has 3 rings (SSSR count). The summed E-state index contributed by atoms with van der Waals surface area (Å²) in [5.74, 6) is 0.642. The van der Waals surface area contributed by atoms with Crippen LogP contribution in [0.15, 0.2) is 48.6 Å². The molecular weight excluding hydrogens is 326 g/mol. The number of hydrogen-bond donors (Lipinski definition) is 1. The average molecular weight is 345 g/mol. The fourth-order valence-corrected chi connectivity index (χ4v) is 3.43. The lowest BCUT2D eigenvalue weighted by Gasteiger charge is -2.32. The van der Waals surface area contributed by atoms with Crippen LogP contribution in [0.3, 0.4) is 0 Å². The molecule has 1 aliphatic rings. The van der Waals surface area contributed by atoms with E-state index in [1.807, 2.05) is 24.3 Å². The number of aromatic nitrogens is 3. The molecule has 3 heterocycles. The van der Waals surface area contributed by atoms with Crippen LogP contribution in [0.5, 0.6) is 0 Å². The van der Waals surface area contributed by atoms with Gasteiger partial charge in [-0.15, -0.1) is 0 Å². The average Bonchev–Trinajstić information content (AvgIpc) is 2.63. The highest BCUT2D eigenvalue weighted by molar-refractivity contribution is 7.92. The topological polar surface area (TPSA) is 88.1 Å². The highest BCUT2D eigenvalue weighted by Crippen LogP contribution is 2.20. The van der Waals surface area contributed by atoms with Crippen LogP contribution in [0.4, 0.5) is 5.95 Å². The third kappa shape index (κ3) is 3.95. The van der Waals surface area contributed by atoms with Crippen LogP contribution in [0.2, 0.25) is 0 Å². The zero-order chi connectivity index (χ0) is 17.0. The van der Waals surface area contributed by atoms with Gasteiger partial charge in [0.25, 0.3) is 0 Å². The molecule has 0 amide bonds. The van der Waals surface area contributed by atoms with Crippen molar-refractivity contribution in [2.45, 2.75) is 18.9 Å². The zero-order valence-electron chi connectivity index (χ0n) is 13.2. The van der Waals surface area contributed by atoms with Crippen molar-refractivity contribution in [2.24, 2.45) is 0 Å². The van der Waals surface area contributed by atoms with E-state index in [9.17, 15) is 8.42 Å². The van der Waals surface area contributed by atoms with Crippen molar-refractivity contribution in [3.05, 3.63) is 48.6 Å². The molecule has 0 saturated carbocycles. The lowest BCUT2D eigenvalue weighted by Crippen LogP contribution is -2.44. The lowest BCUT2D eigenvalue weighted by atomic mass is 10.1. The van der Waals surface area contributed by atoms with Gasteiger partial charge in [-0.25, -0.2) is 23.1 Å². The molecule has 0 aliphatic carbocycles. The molecule has 2 aromatic rings. The summed E-state index contributed by atoms with van der Waals surface area (Å²) in [5.41, 5.74) is 1.57. The first-order valence-electron chi connectivity index (χ1n) is 7.71. The summed E-state index contributed by atoms with van der Waals surface area (Å²) in [5, 5.41) is 0.943. The molecular formula is C16H19N5O2S. The second-order valence-corrected chi connectivity index (χ2v) is 7.21. The molecule has 0 radical (unpaired) electrons. The molecule has 126 valence electrons. The van der Waals surface area contributed by atoms with E-state index < -0.39 is 10.0 Å². The van der Waals surface area contributed by atoms with Crippen LogP contribution < -0.4 is 9.62 Å². The molecule has 1 N–H and O–H groups in total. The van der Waals surface area contributed by atoms with Crippen molar-refractivity contribution in [2.75, 3.05) is 18.0 Å². The fraction of sp³-hybridized carbons (Fsp3) is 0.312. The van der Waals surface area contributed by atoms with E-state index in [0.717, 1.165) is 16.8 Å². The summed E-state index contributed by atoms with van der Waals surface area (Å²) < 4.78 is 25.7. The quantitative estimate of drug-likeness (QED) is 0.885. The Hall–Kier alpha value is -2.32. The van der Waals surface area contributed by atoms with Crippen LogP contribution >= 0.6 is 0 Å². The Balaban J connectivity index is 1.68. The van der Waals surface area contributed by atoms with Gasteiger partial charge in [0.2, 0.25) is 16.0 Å². The monoisotopic (exact) mass is 345 g/mol. The van der Waals surface area contributed by atoms with Crippen LogP contribution in [0.1, 0.15) is 12.8 Å². The summed E-state index contributed by atoms with van der Waals surface area (Å²) in [6.45, 7) is 4.69. The Kier molecular flexibility index (Phi) is 4.86. The van der Waals surface area contributed by atoms with Gasteiger partial charge in [-0.3, -0.25) is 4.98 Å². The summed E-state index contributed by atoms with van der Waals surface area (Å²) in [6, 6.07) is 7.43. The van der Waals surface area contributed by atoms with Crippen molar-refractivity contribution in [1.82, 2.24) is 19.7 Å². The number of sulfonamides is 1. The van der Waals surface area contributed by atoms with Crippen LogP contribution in [0, 0.1) is 0 Å². The minimum Gasteiger partial charge on any atom is -0.341 e. The summed E-state index contributed by atoms with van der Waals surface area (Å²) in [4.78, 5) is 15.3. The predicted molar refractivity (Wildman–Crippen MR) is 92.8 cm³/mol. The van der Waals surface area contributed by atoms with Crippen molar-refractivity contribution in [3.8, 4) is 11.4 Å². The summed E-state index contributed by atoms with van der Waals surface area (Å²) in [7, 11) is -3.39. The SMILES string of the molecule is C=CS(=O)(=O)NC1CCN(c2nccc(-c3ccccn3)n2)CC1. The minimum atomic E-state index is -3.39. The van der Waals surface area contributed by atoms with E-state index in [1.54, 1.807) is 12.4 Å². The summed E-state index contributed by atoms with van der Waals surface area (Å²) in [6.07, 6.45) is 4.85. The van der Waals surface area contributed by atoms with Gasteiger partial charge in [0, 0.05) is 36.9 Å². The Morgan fingerprint density at radius 1 is 1.12 bits per heavy atom. The lowest BCUT2D eigenvalue weighted by molar-refractivity contribution is 0.459. The molecule has 2 aromatic heterocycles. The molecule has 0 aromatic carbocycles. The second-order valence-electron chi connectivity index (χ2n) is 5.55. The standard InChI is InChI=1S/C16H19N5O2S/c1-2-24(22,23)20-13-7-11-21(12-8-13)16-18-10-6-15(19-16)14-5-3-4-9-17-14/h2-6,9-10,13,20H,1,7-8,11-12H2. The molecule has 8 heteroatoms. The maximum Gasteiger partial charge on any atom is 0.233 e. The van der Waals surface area contributed by atoms with E-state index in [4.69, 9.17) is 0 Å². The number of hydrogen-bond acceptors (Lipinski definition) is 6. The molecule has 7 nitrogen and oxygen atoms in total. The van der Waals surface area contributed by atoms with Gasteiger partial charge in [0.15, 0.2) is 0 Å². The number of nitrogens with zero attached hydrogens (tertiary/aromatic N) is 4. The smallest absolute Gasteiger partial charge is 0.233 e. The van der Waals surface area contributed by atoms with Gasteiger partial charge in [-0.05, 0) is 31.0 Å². The van der Waals surface area contributed by atoms with E-state index >= 15 is 0 Å². The minimum absolute atomic E-state index is 0.0803. The zero-order valence-corrected chi connectivity index (χ0v) is 14.0. The van der Waals surface area contributed by atoms with E-state index in [2.05, 4.69) is 31.2 Å². The Morgan fingerprint density at radius 2 is 1.92 bits per heavy atom. The first-order valence-corrected chi connectivity index (χ1v) is 9.26. The van der Waals surface area contributed by atoms with E-state index in [0.29, 0.717) is 31.9 Å². The first-order chi connectivity index (χ1) is 11.6. The largest absolute Gasteiger partial charge is 0.341 e. The molecule has 1 aliphatic heterocycles.